The van der Waals surface area contributed by atoms with Crippen molar-refractivity contribution in [2.75, 3.05) is 11.5 Å². The highest BCUT2D eigenvalue weighted by Gasteiger charge is 2.07. The van der Waals surface area contributed by atoms with Crippen LogP contribution in [0.5, 0.6) is 0 Å². The lowest BCUT2D eigenvalue weighted by Crippen LogP contribution is -2.26. The molecule has 0 aliphatic carbocycles. The Morgan fingerprint density at radius 1 is 1.58 bits per heavy atom. The molecule has 12 heavy (non-hydrogen) atoms. The van der Waals surface area contributed by atoms with Crippen LogP contribution in [-0.4, -0.2) is 9.55 Å². The van der Waals surface area contributed by atoms with Crippen LogP contribution in [0.2, 0.25) is 0 Å². The highest BCUT2D eigenvalue weighted by atomic mass is 32.1. The predicted octanol–water partition coefficient (Wildman–Crippen LogP) is -0.284. The summed E-state index contributed by atoms with van der Waals surface area (Å²) in [6.07, 6.45) is 0. The second-order valence-corrected chi connectivity index (χ2v) is 2.68. The van der Waals surface area contributed by atoms with E-state index in [9.17, 15) is 4.79 Å². The summed E-state index contributed by atoms with van der Waals surface area (Å²) in [5, 5.41) is 0.183. The molecule has 1 aromatic rings. The second kappa shape index (κ2) is 3.06. The monoisotopic (exact) mass is 186 g/mol. The molecule has 4 N–H and O–H groups in total. The van der Waals surface area contributed by atoms with Gasteiger partial charge in [-0.25, -0.2) is 4.79 Å². The van der Waals surface area contributed by atoms with Gasteiger partial charge in [0.2, 0.25) is 0 Å². The van der Waals surface area contributed by atoms with E-state index in [0.717, 1.165) is 0 Å². The Bertz CT molecular complexity index is 359. The molecule has 0 aliphatic rings. The van der Waals surface area contributed by atoms with Gasteiger partial charge in [0.1, 0.15) is 16.5 Å². The first-order chi connectivity index (χ1) is 5.57. The Balaban J connectivity index is 3.52. The molecule has 5 nitrogen and oxygen atoms in total. The number of aromatic nitrogens is 2. The van der Waals surface area contributed by atoms with Crippen molar-refractivity contribution >= 4 is 24.1 Å². The van der Waals surface area contributed by atoms with Gasteiger partial charge in [-0.15, -0.1) is 12.6 Å². The van der Waals surface area contributed by atoms with Crippen molar-refractivity contribution in [3.63, 3.8) is 0 Å². The van der Waals surface area contributed by atoms with Gasteiger partial charge in [-0.05, 0) is 6.92 Å². The van der Waals surface area contributed by atoms with E-state index in [4.69, 9.17) is 11.5 Å². The van der Waals surface area contributed by atoms with E-state index < -0.39 is 5.69 Å². The minimum atomic E-state index is -0.422. The van der Waals surface area contributed by atoms with E-state index in [1.807, 2.05) is 0 Å². The molecule has 1 aromatic heterocycles. The lowest BCUT2D eigenvalue weighted by Gasteiger charge is -2.08. The van der Waals surface area contributed by atoms with Crippen LogP contribution in [0.25, 0.3) is 0 Å². The number of hydrogen-bond donors (Lipinski definition) is 3. The Morgan fingerprint density at radius 2 is 2.17 bits per heavy atom. The van der Waals surface area contributed by atoms with Gasteiger partial charge in [-0.2, -0.15) is 4.98 Å². The SMILES string of the molecule is CCn1c(N)c(N)c(S)nc1=O. The van der Waals surface area contributed by atoms with Crippen LogP contribution >= 0.6 is 12.6 Å². The topological polar surface area (TPSA) is 86.9 Å². The molecule has 66 valence electrons. The molecule has 0 aliphatic heterocycles. The van der Waals surface area contributed by atoms with Crippen molar-refractivity contribution in [1.29, 1.82) is 0 Å². The van der Waals surface area contributed by atoms with Crippen LogP contribution in [0.4, 0.5) is 11.5 Å². The maximum atomic E-state index is 11.1. The van der Waals surface area contributed by atoms with Gasteiger partial charge in [-0.3, -0.25) is 4.57 Å². The minimum absolute atomic E-state index is 0.183. The Hall–Kier alpha value is -1.17. The molecular formula is C6H10N4OS. The third-order valence-corrected chi connectivity index (χ3v) is 1.90. The van der Waals surface area contributed by atoms with Gasteiger partial charge in [0.25, 0.3) is 0 Å². The fraction of sp³-hybridized carbons (Fsp3) is 0.333. The maximum Gasteiger partial charge on any atom is 0.350 e. The summed E-state index contributed by atoms with van der Waals surface area (Å²) in [6, 6.07) is 0. The van der Waals surface area contributed by atoms with Crippen molar-refractivity contribution in [3.8, 4) is 0 Å². The normalized spacial score (nSPS) is 10.2. The fourth-order valence-electron chi connectivity index (χ4n) is 0.880. The van der Waals surface area contributed by atoms with Gasteiger partial charge in [0.15, 0.2) is 0 Å². The van der Waals surface area contributed by atoms with E-state index in [1.165, 1.54) is 4.57 Å². The minimum Gasteiger partial charge on any atom is -0.394 e. The number of rotatable bonds is 1. The molecule has 1 heterocycles. The largest absolute Gasteiger partial charge is 0.394 e. The van der Waals surface area contributed by atoms with Gasteiger partial charge >= 0.3 is 5.69 Å². The van der Waals surface area contributed by atoms with Crippen LogP contribution in [0.15, 0.2) is 9.82 Å². The quantitative estimate of drug-likeness (QED) is 0.415. The zero-order valence-corrected chi connectivity index (χ0v) is 7.51. The highest BCUT2D eigenvalue weighted by molar-refractivity contribution is 7.80. The van der Waals surface area contributed by atoms with Crippen molar-refractivity contribution in [2.24, 2.45) is 0 Å². The fourth-order valence-corrected chi connectivity index (χ4v) is 1.08. The van der Waals surface area contributed by atoms with E-state index >= 15 is 0 Å². The van der Waals surface area contributed by atoms with E-state index in [-0.39, 0.29) is 16.5 Å². The van der Waals surface area contributed by atoms with Crippen molar-refractivity contribution in [1.82, 2.24) is 9.55 Å². The summed E-state index contributed by atoms with van der Waals surface area (Å²) in [5.41, 5.74) is 10.9. The molecule has 0 bridgehead atoms. The molecule has 0 unspecified atom stereocenters. The lowest BCUT2D eigenvalue weighted by atomic mass is 10.4. The van der Waals surface area contributed by atoms with Crippen LogP contribution in [0.3, 0.4) is 0 Å². The predicted molar refractivity (Wildman–Crippen MR) is 50.2 cm³/mol. The molecule has 1 rings (SSSR count). The smallest absolute Gasteiger partial charge is 0.350 e. The number of nitrogens with zero attached hydrogens (tertiary/aromatic N) is 2. The van der Waals surface area contributed by atoms with Crippen LogP contribution in [0.1, 0.15) is 6.92 Å². The lowest BCUT2D eigenvalue weighted by molar-refractivity contribution is 0.699. The number of thiol groups is 1. The summed E-state index contributed by atoms with van der Waals surface area (Å²) < 4.78 is 1.29. The summed E-state index contributed by atoms with van der Waals surface area (Å²) in [4.78, 5) is 14.7. The van der Waals surface area contributed by atoms with E-state index in [2.05, 4.69) is 17.6 Å². The molecule has 0 saturated carbocycles. The molecule has 0 spiro atoms. The maximum absolute atomic E-state index is 11.1. The second-order valence-electron chi connectivity index (χ2n) is 2.26. The average molecular weight is 186 g/mol. The van der Waals surface area contributed by atoms with Crippen LogP contribution in [0, 0.1) is 0 Å². The molecule has 0 radical (unpaired) electrons. The molecule has 0 amide bonds. The third kappa shape index (κ3) is 1.25. The molecular weight excluding hydrogens is 176 g/mol. The van der Waals surface area contributed by atoms with Crippen LogP contribution in [-0.2, 0) is 6.54 Å². The van der Waals surface area contributed by atoms with Gasteiger partial charge < -0.3 is 11.5 Å². The molecule has 0 aromatic carbocycles. The van der Waals surface area contributed by atoms with Crippen molar-refractivity contribution in [3.05, 3.63) is 10.5 Å². The van der Waals surface area contributed by atoms with E-state index in [1.54, 1.807) is 6.92 Å². The average Bonchev–Trinajstić information content (AvgIpc) is 2.01. The van der Waals surface area contributed by atoms with Gasteiger partial charge in [-0.1, -0.05) is 0 Å². The number of anilines is 2. The van der Waals surface area contributed by atoms with Crippen molar-refractivity contribution in [2.45, 2.75) is 18.5 Å². The first kappa shape index (κ1) is 8.92. The number of hydrogen-bond acceptors (Lipinski definition) is 5. The Labute approximate surface area is 74.8 Å². The molecule has 0 fully saturated rings. The van der Waals surface area contributed by atoms with Crippen LogP contribution < -0.4 is 17.2 Å². The standard InChI is InChI=1S/C6H10N4OS/c1-2-10-4(8)3(7)5(12)9-6(10)11/h2,7-8H2,1H3,(H,9,11,12). The summed E-state index contributed by atoms with van der Waals surface area (Å²) in [7, 11) is 0. The zero-order valence-electron chi connectivity index (χ0n) is 6.61. The summed E-state index contributed by atoms with van der Waals surface area (Å²) in [6.45, 7) is 2.24. The Morgan fingerprint density at radius 3 is 2.67 bits per heavy atom. The molecule has 0 saturated heterocycles. The summed E-state index contributed by atoms with van der Waals surface area (Å²) in [5.74, 6) is 0.225. The van der Waals surface area contributed by atoms with E-state index in [0.29, 0.717) is 6.54 Å². The summed E-state index contributed by atoms with van der Waals surface area (Å²) >= 11 is 3.89. The highest BCUT2D eigenvalue weighted by Crippen LogP contribution is 2.17. The third-order valence-electron chi connectivity index (χ3n) is 1.56. The number of nitrogen functional groups attached to an aromatic ring is 2. The number of nitrogens with two attached hydrogens (primary N) is 2. The van der Waals surface area contributed by atoms with Gasteiger partial charge in [0, 0.05) is 6.54 Å². The Kier molecular flexibility index (Phi) is 2.27. The first-order valence-corrected chi connectivity index (χ1v) is 3.87. The zero-order chi connectivity index (χ0) is 9.30. The first-order valence-electron chi connectivity index (χ1n) is 3.42. The van der Waals surface area contributed by atoms with Crippen molar-refractivity contribution < 1.29 is 0 Å². The molecule has 0 atom stereocenters. The van der Waals surface area contributed by atoms with Gasteiger partial charge in [0.05, 0.1) is 0 Å². The molecule has 6 heteroatoms.